The van der Waals surface area contributed by atoms with Crippen LogP contribution in [-0.2, 0) is 4.79 Å². The van der Waals surface area contributed by atoms with E-state index >= 15 is 0 Å². The van der Waals surface area contributed by atoms with Gasteiger partial charge >= 0.3 is 0 Å². The number of aliphatic hydroxyl groups excluding tert-OH is 4. The van der Waals surface area contributed by atoms with Crippen molar-refractivity contribution in [3.05, 3.63) is 10.4 Å². The molecule has 0 aliphatic carbocycles. The number of aliphatic hydroxyl groups is 4. The molecule has 0 rings (SSSR count). The van der Waals surface area contributed by atoms with Crippen LogP contribution >= 0.6 is 0 Å². The van der Waals surface area contributed by atoms with E-state index in [1.165, 1.54) is 0 Å². The molecule has 0 aliphatic rings. The van der Waals surface area contributed by atoms with Crippen molar-refractivity contribution in [3.8, 4) is 0 Å². The third-order valence-corrected chi connectivity index (χ3v) is 1.57. The Labute approximate surface area is 79.0 Å². The van der Waals surface area contributed by atoms with E-state index in [0.717, 1.165) is 0 Å². The lowest BCUT2D eigenvalue weighted by Crippen LogP contribution is -2.46. The SMILES string of the molecule is [N-]=[N+]=NC[C@H](O)[C@@H](O)[C@@H](O)[C@H](O)C=O. The molecule has 0 amide bonds. The zero-order valence-corrected chi connectivity index (χ0v) is 7.13. The van der Waals surface area contributed by atoms with Crippen molar-refractivity contribution < 1.29 is 25.2 Å². The zero-order chi connectivity index (χ0) is 11.1. The van der Waals surface area contributed by atoms with E-state index in [0.29, 0.717) is 0 Å². The molecule has 0 aromatic rings. The second-order valence-electron chi connectivity index (χ2n) is 2.59. The Bertz CT molecular complexity index is 230. The Balaban J connectivity index is 4.21. The van der Waals surface area contributed by atoms with Gasteiger partial charge in [0.05, 0.1) is 12.6 Å². The first-order valence-electron chi connectivity index (χ1n) is 3.73. The molecule has 0 radical (unpaired) electrons. The molecule has 4 atom stereocenters. The average Bonchev–Trinajstić information content (AvgIpc) is 2.22. The van der Waals surface area contributed by atoms with Crippen LogP contribution < -0.4 is 0 Å². The van der Waals surface area contributed by atoms with Crippen molar-refractivity contribution in [3.63, 3.8) is 0 Å². The van der Waals surface area contributed by atoms with Gasteiger partial charge in [-0.2, -0.15) is 0 Å². The Hall–Kier alpha value is -1.18. The van der Waals surface area contributed by atoms with Gasteiger partial charge in [-0.05, 0) is 5.53 Å². The minimum Gasteiger partial charge on any atom is -0.390 e. The van der Waals surface area contributed by atoms with Gasteiger partial charge in [-0.3, -0.25) is 0 Å². The first-order valence-corrected chi connectivity index (χ1v) is 3.73. The summed E-state index contributed by atoms with van der Waals surface area (Å²) in [6, 6.07) is 0. The largest absolute Gasteiger partial charge is 0.390 e. The molecule has 0 spiro atoms. The van der Waals surface area contributed by atoms with Crippen LogP contribution in [0.2, 0.25) is 0 Å². The number of hydrogen-bond donors (Lipinski definition) is 4. The molecule has 0 bridgehead atoms. The molecule has 0 fully saturated rings. The first kappa shape index (κ1) is 12.8. The summed E-state index contributed by atoms with van der Waals surface area (Å²) in [7, 11) is 0. The van der Waals surface area contributed by atoms with Crippen LogP contribution in [0.25, 0.3) is 10.4 Å². The fourth-order valence-electron chi connectivity index (χ4n) is 0.738. The van der Waals surface area contributed by atoms with Gasteiger partial charge in [0.15, 0.2) is 6.29 Å². The number of hydrogen-bond acceptors (Lipinski definition) is 6. The predicted molar refractivity (Wildman–Crippen MR) is 44.1 cm³/mol. The van der Waals surface area contributed by atoms with Gasteiger partial charge in [0, 0.05) is 4.91 Å². The number of rotatable bonds is 6. The van der Waals surface area contributed by atoms with Crippen LogP contribution in [0, 0.1) is 0 Å². The van der Waals surface area contributed by atoms with E-state index in [9.17, 15) is 4.79 Å². The molecular formula is C6H11N3O5. The van der Waals surface area contributed by atoms with E-state index in [1.54, 1.807) is 0 Å². The molecule has 0 heterocycles. The predicted octanol–water partition coefficient (Wildman–Crippen LogP) is -2.06. The fourth-order valence-corrected chi connectivity index (χ4v) is 0.738. The molecule has 0 aromatic carbocycles. The van der Waals surface area contributed by atoms with Gasteiger partial charge in [-0.15, -0.1) is 0 Å². The molecule has 0 saturated carbocycles. The van der Waals surface area contributed by atoms with E-state index < -0.39 is 31.0 Å². The third-order valence-electron chi connectivity index (χ3n) is 1.57. The van der Waals surface area contributed by atoms with Crippen molar-refractivity contribution in [1.82, 2.24) is 0 Å². The highest BCUT2D eigenvalue weighted by Crippen LogP contribution is 2.04. The normalized spacial score (nSPS) is 18.9. The lowest BCUT2D eigenvalue weighted by atomic mass is 10.0. The van der Waals surface area contributed by atoms with Crippen molar-refractivity contribution in [1.29, 1.82) is 0 Å². The maximum Gasteiger partial charge on any atom is 0.151 e. The van der Waals surface area contributed by atoms with Gasteiger partial charge in [0.2, 0.25) is 0 Å². The maximum absolute atomic E-state index is 10.0. The lowest BCUT2D eigenvalue weighted by Gasteiger charge is -2.22. The van der Waals surface area contributed by atoms with Gasteiger partial charge in [-0.25, -0.2) is 0 Å². The maximum atomic E-state index is 10.0. The second-order valence-corrected chi connectivity index (χ2v) is 2.59. The monoisotopic (exact) mass is 205 g/mol. The molecule has 0 unspecified atom stereocenters. The van der Waals surface area contributed by atoms with Crippen LogP contribution in [0.4, 0.5) is 0 Å². The molecule has 8 heteroatoms. The van der Waals surface area contributed by atoms with Crippen LogP contribution in [0.5, 0.6) is 0 Å². The fraction of sp³-hybridized carbons (Fsp3) is 0.833. The number of carbonyl (C=O) groups excluding carboxylic acids is 1. The summed E-state index contributed by atoms with van der Waals surface area (Å²) >= 11 is 0. The van der Waals surface area contributed by atoms with E-state index in [2.05, 4.69) is 10.0 Å². The summed E-state index contributed by atoms with van der Waals surface area (Å²) in [6.07, 6.45) is -6.85. The minimum absolute atomic E-state index is 0.0220. The minimum atomic E-state index is -1.81. The first-order chi connectivity index (χ1) is 6.54. The Morgan fingerprint density at radius 2 is 1.86 bits per heavy atom. The van der Waals surface area contributed by atoms with Crippen molar-refractivity contribution >= 4 is 6.29 Å². The molecule has 0 aliphatic heterocycles. The highest BCUT2D eigenvalue weighted by Gasteiger charge is 2.29. The zero-order valence-electron chi connectivity index (χ0n) is 7.13. The summed E-state index contributed by atoms with van der Waals surface area (Å²) in [5.74, 6) is 0. The number of nitrogens with zero attached hydrogens (tertiary/aromatic N) is 3. The number of aldehydes is 1. The van der Waals surface area contributed by atoms with E-state index in [4.69, 9.17) is 26.0 Å². The second kappa shape index (κ2) is 6.30. The van der Waals surface area contributed by atoms with Gasteiger partial charge in [-0.1, -0.05) is 5.11 Å². The average molecular weight is 205 g/mol. The van der Waals surface area contributed by atoms with Crippen LogP contribution in [0.1, 0.15) is 0 Å². The smallest absolute Gasteiger partial charge is 0.151 e. The third kappa shape index (κ3) is 3.69. The van der Waals surface area contributed by atoms with Crippen molar-refractivity contribution in [2.75, 3.05) is 6.54 Å². The molecule has 14 heavy (non-hydrogen) atoms. The molecule has 0 saturated heterocycles. The number of azide groups is 1. The summed E-state index contributed by atoms with van der Waals surface area (Å²) in [6.45, 7) is -0.458. The molecule has 80 valence electrons. The summed E-state index contributed by atoms with van der Waals surface area (Å²) < 4.78 is 0. The Morgan fingerprint density at radius 3 is 2.29 bits per heavy atom. The summed E-state index contributed by atoms with van der Waals surface area (Å²) in [5, 5.41) is 38.9. The van der Waals surface area contributed by atoms with Crippen molar-refractivity contribution in [2.45, 2.75) is 24.4 Å². The van der Waals surface area contributed by atoms with Gasteiger partial charge < -0.3 is 25.2 Å². The summed E-state index contributed by atoms with van der Waals surface area (Å²) in [4.78, 5) is 12.3. The Morgan fingerprint density at radius 1 is 1.29 bits per heavy atom. The quantitative estimate of drug-likeness (QED) is 0.170. The van der Waals surface area contributed by atoms with E-state index in [-0.39, 0.29) is 6.29 Å². The Kier molecular flexibility index (Phi) is 5.77. The van der Waals surface area contributed by atoms with Crippen LogP contribution in [0.3, 0.4) is 0 Å². The highest BCUT2D eigenvalue weighted by molar-refractivity contribution is 5.56. The summed E-state index contributed by atoms with van der Waals surface area (Å²) in [5.41, 5.74) is 7.89. The molecule has 4 N–H and O–H groups in total. The van der Waals surface area contributed by atoms with E-state index in [1.807, 2.05) is 0 Å². The highest BCUT2D eigenvalue weighted by atomic mass is 16.4. The lowest BCUT2D eigenvalue weighted by molar-refractivity contribution is -0.132. The van der Waals surface area contributed by atoms with Gasteiger partial charge in [0.1, 0.15) is 18.3 Å². The van der Waals surface area contributed by atoms with Crippen LogP contribution in [-0.4, -0.2) is 57.7 Å². The molecular weight excluding hydrogens is 194 g/mol. The van der Waals surface area contributed by atoms with Gasteiger partial charge in [0.25, 0.3) is 0 Å². The topological polar surface area (TPSA) is 147 Å². The molecule has 0 aromatic heterocycles. The standard InChI is InChI=1S/C6H11N3O5/c7-9-8-1-3(11)5(13)6(14)4(12)2-10/h2-6,11-14H,1H2/t3-,4+,5+,6-/m0/s1. The van der Waals surface area contributed by atoms with Crippen LogP contribution in [0.15, 0.2) is 5.11 Å². The van der Waals surface area contributed by atoms with Crippen molar-refractivity contribution in [2.24, 2.45) is 5.11 Å². The number of carbonyl (C=O) groups is 1. The molecule has 8 nitrogen and oxygen atoms in total.